The van der Waals surface area contributed by atoms with Crippen molar-refractivity contribution in [2.75, 3.05) is 0 Å². The van der Waals surface area contributed by atoms with Crippen molar-refractivity contribution in [2.45, 2.75) is 38.4 Å². The summed E-state index contributed by atoms with van der Waals surface area (Å²) in [7, 11) is 0. The van der Waals surface area contributed by atoms with Crippen LogP contribution in [0.1, 0.15) is 24.1 Å². The van der Waals surface area contributed by atoms with Gasteiger partial charge in [-0.15, -0.1) is 0 Å². The molecule has 0 aliphatic heterocycles. The Hall–Kier alpha value is -0.930. The van der Waals surface area contributed by atoms with Gasteiger partial charge >= 0.3 is 0 Å². The quantitative estimate of drug-likeness (QED) is 0.748. The average molecular weight is 191 g/mol. The lowest BCUT2D eigenvalue weighted by molar-refractivity contribution is 0.291. The molecule has 0 atom stereocenters. The molecular weight excluding hydrogens is 174 g/mol. The van der Waals surface area contributed by atoms with Gasteiger partial charge in [0.15, 0.2) is 0 Å². The van der Waals surface area contributed by atoms with Crippen LogP contribution < -0.4 is 11.1 Å². The Morgan fingerprint density at radius 2 is 2.29 bits per heavy atom. The van der Waals surface area contributed by atoms with Gasteiger partial charge in [0.1, 0.15) is 0 Å². The molecule has 14 heavy (non-hydrogen) atoms. The van der Waals surface area contributed by atoms with Gasteiger partial charge in [0.25, 0.3) is 0 Å². The topological polar surface area (TPSA) is 50.9 Å². The van der Waals surface area contributed by atoms with Crippen LogP contribution in [0.15, 0.2) is 18.3 Å². The molecule has 1 fully saturated rings. The maximum Gasteiger partial charge on any atom is 0.0372 e. The molecule has 0 spiro atoms. The molecule has 76 valence electrons. The fraction of sp³-hybridized carbons (Fsp3) is 0.545. The summed E-state index contributed by atoms with van der Waals surface area (Å²) in [6.07, 6.45) is 4.15. The van der Waals surface area contributed by atoms with Crippen molar-refractivity contribution in [3.63, 3.8) is 0 Å². The second-order valence-electron chi connectivity index (χ2n) is 4.12. The zero-order valence-electron chi connectivity index (χ0n) is 8.53. The van der Waals surface area contributed by atoms with Crippen molar-refractivity contribution in [1.29, 1.82) is 0 Å². The molecule has 2 rings (SSSR count). The molecule has 3 nitrogen and oxygen atoms in total. The van der Waals surface area contributed by atoms with Crippen LogP contribution in [0.4, 0.5) is 0 Å². The summed E-state index contributed by atoms with van der Waals surface area (Å²) in [5.74, 6) is 0. The van der Waals surface area contributed by atoms with Crippen molar-refractivity contribution in [3.8, 4) is 0 Å². The molecule has 0 saturated heterocycles. The molecule has 1 aromatic rings. The van der Waals surface area contributed by atoms with Crippen molar-refractivity contribution in [3.05, 3.63) is 29.6 Å². The molecule has 0 bridgehead atoms. The summed E-state index contributed by atoms with van der Waals surface area (Å²) in [4.78, 5) is 4.25. The summed E-state index contributed by atoms with van der Waals surface area (Å²) in [5, 5.41) is 3.47. The Bertz CT molecular complexity index is 288. The largest absolute Gasteiger partial charge is 0.328 e. The van der Waals surface area contributed by atoms with E-state index >= 15 is 0 Å². The summed E-state index contributed by atoms with van der Waals surface area (Å²) >= 11 is 0. The smallest absolute Gasteiger partial charge is 0.0372 e. The monoisotopic (exact) mass is 191 g/mol. The lowest BCUT2D eigenvalue weighted by atomic mass is 9.87. The first-order chi connectivity index (χ1) is 6.74. The van der Waals surface area contributed by atoms with Crippen LogP contribution in [0.2, 0.25) is 0 Å². The van der Waals surface area contributed by atoms with Gasteiger partial charge in [-0.3, -0.25) is 4.98 Å². The Morgan fingerprint density at radius 3 is 2.86 bits per heavy atom. The van der Waals surface area contributed by atoms with Crippen LogP contribution in [-0.4, -0.2) is 17.1 Å². The summed E-state index contributed by atoms with van der Waals surface area (Å²) < 4.78 is 0. The van der Waals surface area contributed by atoms with Crippen molar-refractivity contribution < 1.29 is 0 Å². The third-order valence-electron chi connectivity index (χ3n) is 2.74. The number of aryl methyl sites for hydroxylation is 1. The van der Waals surface area contributed by atoms with Gasteiger partial charge in [-0.2, -0.15) is 0 Å². The molecule has 0 radical (unpaired) electrons. The lowest BCUT2D eigenvalue weighted by Crippen LogP contribution is -2.48. The molecule has 0 unspecified atom stereocenters. The first kappa shape index (κ1) is 9.62. The fourth-order valence-electron chi connectivity index (χ4n) is 1.69. The number of pyridine rings is 1. The molecule has 1 aliphatic carbocycles. The molecule has 3 heteroatoms. The minimum Gasteiger partial charge on any atom is -0.328 e. The van der Waals surface area contributed by atoms with E-state index in [2.05, 4.69) is 16.4 Å². The van der Waals surface area contributed by atoms with Gasteiger partial charge in [0.2, 0.25) is 0 Å². The summed E-state index contributed by atoms with van der Waals surface area (Å²) in [6.45, 7) is 2.91. The first-order valence-corrected chi connectivity index (χ1v) is 5.14. The highest BCUT2D eigenvalue weighted by Crippen LogP contribution is 2.17. The predicted molar refractivity (Wildman–Crippen MR) is 56.8 cm³/mol. The van der Waals surface area contributed by atoms with E-state index in [-0.39, 0.29) is 0 Å². The number of aromatic nitrogens is 1. The Labute approximate surface area is 84.7 Å². The molecule has 1 aliphatic rings. The third kappa shape index (κ3) is 2.30. The maximum atomic E-state index is 5.71. The van der Waals surface area contributed by atoms with E-state index in [1.165, 1.54) is 5.56 Å². The van der Waals surface area contributed by atoms with E-state index in [9.17, 15) is 0 Å². The average Bonchev–Trinajstić information content (AvgIpc) is 2.13. The highest BCUT2D eigenvalue weighted by atomic mass is 14.9. The van der Waals surface area contributed by atoms with Gasteiger partial charge in [-0.1, -0.05) is 6.07 Å². The number of hydrogen-bond donors (Lipinski definition) is 2. The molecular formula is C11H17N3. The zero-order chi connectivity index (χ0) is 9.97. The molecule has 1 aromatic heterocycles. The number of rotatable bonds is 3. The maximum absolute atomic E-state index is 5.71. The molecule has 1 saturated carbocycles. The minimum absolute atomic E-state index is 0.420. The van der Waals surface area contributed by atoms with Crippen LogP contribution in [0.5, 0.6) is 0 Å². The van der Waals surface area contributed by atoms with Crippen LogP contribution in [-0.2, 0) is 6.54 Å². The number of nitrogens with zero attached hydrogens (tertiary/aromatic N) is 1. The zero-order valence-corrected chi connectivity index (χ0v) is 8.53. The SMILES string of the molecule is Cc1ccc(CNC2CC(N)C2)cn1. The highest BCUT2D eigenvalue weighted by Gasteiger charge is 2.24. The van der Waals surface area contributed by atoms with Gasteiger partial charge in [0, 0.05) is 30.5 Å². The Morgan fingerprint density at radius 1 is 1.50 bits per heavy atom. The number of hydrogen-bond acceptors (Lipinski definition) is 3. The van der Waals surface area contributed by atoms with Gasteiger partial charge in [-0.25, -0.2) is 0 Å². The second-order valence-corrected chi connectivity index (χ2v) is 4.12. The van der Waals surface area contributed by atoms with Gasteiger partial charge in [-0.05, 0) is 31.4 Å². The van der Waals surface area contributed by atoms with E-state index in [0.717, 1.165) is 25.1 Å². The van der Waals surface area contributed by atoms with Gasteiger partial charge < -0.3 is 11.1 Å². The van der Waals surface area contributed by atoms with Crippen LogP contribution in [0.3, 0.4) is 0 Å². The normalized spacial score (nSPS) is 25.9. The summed E-state index contributed by atoms with van der Waals surface area (Å²) in [6, 6.07) is 5.20. The number of nitrogens with two attached hydrogens (primary N) is 1. The van der Waals surface area contributed by atoms with E-state index in [4.69, 9.17) is 5.73 Å². The van der Waals surface area contributed by atoms with E-state index < -0.39 is 0 Å². The van der Waals surface area contributed by atoms with Gasteiger partial charge in [0.05, 0.1) is 0 Å². The molecule has 3 N–H and O–H groups in total. The van der Waals surface area contributed by atoms with Crippen LogP contribution >= 0.6 is 0 Å². The van der Waals surface area contributed by atoms with Crippen LogP contribution in [0, 0.1) is 6.92 Å². The Balaban J connectivity index is 1.78. The Kier molecular flexibility index (Phi) is 2.79. The lowest BCUT2D eigenvalue weighted by Gasteiger charge is -2.33. The first-order valence-electron chi connectivity index (χ1n) is 5.14. The standard InChI is InChI=1S/C11H17N3/c1-8-2-3-9(6-13-8)7-14-11-4-10(12)5-11/h2-3,6,10-11,14H,4-5,7,12H2,1H3. The highest BCUT2D eigenvalue weighted by molar-refractivity contribution is 5.13. The van der Waals surface area contributed by atoms with Crippen molar-refractivity contribution in [2.24, 2.45) is 5.73 Å². The molecule has 0 amide bonds. The fourth-order valence-corrected chi connectivity index (χ4v) is 1.69. The summed E-state index contributed by atoms with van der Waals surface area (Å²) in [5.41, 5.74) is 8.02. The van der Waals surface area contributed by atoms with E-state index in [1.807, 2.05) is 19.2 Å². The molecule has 0 aromatic carbocycles. The predicted octanol–water partition coefficient (Wildman–Crippen LogP) is 0.969. The van der Waals surface area contributed by atoms with E-state index in [1.54, 1.807) is 0 Å². The number of nitrogens with one attached hydrogen (secondary N) is 1. The van der Waals surface area contributed by atoms with E-state index in [0.29, 0.717) is 12.1 Å². The third-order valence-corrected chi connectivity index (χ3v) is 2.74. The minimum atomic E-state index is 0.420. The van der Waals surface area contributed by atoms with Crippen molar-refractivity contribution in [1.82, 2.24) is 10.3 Å². The molecule has 1 heterocycles. The second kappa shape index (κ2) is 4.07. The van der Waals surface area contributed by atoms with Crippen LogP contribution in [0.25, 0.3) is 0 Å². The van der Waals surface area contributed by atoms with Crippen molar-refractivity contribution >= 4 is 0 Å².